The fourth-order valence-electron chi connectivity index (χ4n) is 3.12. The molecule has 2 heterocycles. The Kier molecular flexibility index (Phi) is 5.67. The van der Waals surface area contributed by atoms with Crippen LogP contribution in [0.2, 0.25) is 0 Å². The molecule has 2 aromatic carbocycles. The van der Waals surface area contributed by atoms with Gasteiger partial charge in [-0.3, -0.25) is 0 Å². The molecule has 1 unspecified atom stereocenters. The fourth-order valence-corrected chi connectivity index (χ4v) is 3.93. The minimum atomic E-state index is -1.01. The second kappa shape index (κ2) is 8.37. The van der Waals surface area contributed by atoms with Gasteiger partial charge in [-0.1, -0.05) is 47.6 Å². The van der Waals surface area contributed by atoms with E-state index in [1.54, 1.807) is 18.3 Å². The van der Waals surface area contributed by atoms with Crippen molar-refractivity contribution in [3.63, 3.8) is 0 Å². The summed E-state index contributed by atoms with van der Waals surface area (Å²) in [6.07, 6.45) is 0. The van der Waals surface area contributed by atoms with Crippen molar-refractivity contribution in [3.05, 3.63) is 71.6 Å². The van der Waals surface area contributed by atoms with E-state index < -0.39 is 5.60 Å². The van der Waals surface area contributed by atoms with Gasteiger partial charge < -0.3 is 19.7 Å². The van der Waals surface area contributed by atoms with Gasteiger partial charge in [0.05, 0.1) is 0 Å². The van der Waals surface area contributed by atoms with Gasteiger partial charge in [0.15, 0.2) is 5.58 Å². The van der Waals surface area contributed by atoms with Gasteiger partial charge in [0.25, 0.3) is 0 Å². The van der Waals surface area contributed by atoms with E-state index in [1.807, 2.05) is 53.9 Å². The smallest absolute Gasteiger partial charge is 0.178 e. The summed E-state index contributed by atoms with van der Waals surface area (Å²) in [6.45, 7) is 4.45. The third-order valence-corrected chi connectivity index (χ3v) is 5.73. The molecular weight excluding hydrogens is 384 g/mol. The topological polar surface area (TPSA) is 67.5 Å². The summed E-state index contributed by atoms with van der Waals surface area (Å²) >= 11 is 1.60. The average Bonchev–Trinajstić information content (AvgIpc) is 3.35. The maximum absolute atomic E-state index is 10.7. The van der Waals surface area contributed by atoms with E-state index in [4.69, 9.17) is 9.26 Å². The number of fused-ring (bicyclic) bond motifs is 1. The summed E-state index contributed by atoms with van der Waals surface area (Å²) in [6, 6.07) is 19.9. The van der Waals surface area contributed by atoms with Crippen molar-refractivity contribution in [1.82, 2.24) is 10.5 Å². The molecule has 150 valence electrons. The maximum atomic E-state index is 10.7. The van der Waals surface area contributed by atoms with Gasteiger partial charge in [-0.2, -0.15) is 0 Å². The first-order valence-electron chi connectivity index (χ1n) is 9.59. The predicted molar refractivity (Wildman–Crippen MR) is 116 cm³/mol. The second-order valence-corrected chi connectivity index (χ2v) is 8.39. The van der Waals surface area contributed by atoms with Crippen LogP contribution in [0.4, 0.5) is 0 Å². The first-order chi connectivity index (χ1) is 14.0. The van der Waals surface area contributed by atoms with E-state index in [1.165, 1.54) is 5.56 Å². The molecule has 0 aliphatic carbocycles. The number of aromatic nitrogens is 1. The Labute approximate surface area is 173 Å². The highest BCUT2D eigenvalue weighted by molar-refractivity contribution is 7.17. The zero-order valence-corrected chi connectivity index (χ0v) is 17.3. The number of rotatable bonds is 8. The summed E-state index contributed by atoms with van der Waals surface area (Å²) in [5.74, 6) is 0.687. The molecule has 0 bridgehead atoms. The second-order valence-electron chi connectivity index (χ2n) is 7.47. The van der Waals surface area contributed by atoms with Gasteiger partial charge in [0.1, 0.15) is 28.4 Å². The van der Waals surface area contributed by atoms with Crippen molar-refractivity contribution in [3.8, 4) is 17.0 Å². The third-order valence-electron chi connectivity index (χ3n) is 4.83. The minimum Gasteiger partial charge on any atom is -0.491 e. The van der Waals surface area contributed by atoms with Crippen LogP contribution < -0.4 is 10.1 Å². The van der Waals surface area contributed by atoms with Gasteiger partial charge in [-0.15, -0.1) is 11.3 Å². The summed E-state index contributed by atoms with van der Waals surface area (Å²) in [5, 5.41) is 20.3. The van der Waals surface area contributed by atoms with Crippen molar-refractivity contribution in [2.75, 3.05) is 13.2 Å². The number of nitrogens with one attached hydrogen (secondary N) is 1. The molecule has 0 radical (unpaired) electrons. The highest BCUT2D eigenvalue weighted by Crippen LogP contribution is 2.33. The van der Waals surface area contributed by atoms with Crippen molar-refractivity contribution >= 4 is 21.6 Å². The summed E-state index contributed by atoms with van der Waals surface area (Å²) in [5.41, 5.74) is 2.71. The van der Waals surface area contributed by atoms with Gasteiger partial charge in [0.2, 0.25) is 0 Å². The van der Waals surface area contributed by atoms with Crippen molar-refractivity contribution in [2.45, 2.75) is 25.5 Å². The van der Waals surface area contributed by atoms with Crippen LogP contribution in [0.25, 0.3) is 21.5 Å². The van der Waals surface area contributed by atoms with Crippen molar-refractivity contribution < 1.29 is 14.4 Å². The Morgan fingerprint density at radius 2 is 2.00 bits per heavy atom. The van der Waals surface area contributed by atoms with E-state index in [0.717, 1.165) is 21.5 Å². The van der Waals surface area contributed by atoms with Crippen LogP contribution >= 0.6 is 11.3 Å². The van der Waals surface area contributed by atoms with Crippen molar-refractivity contribution in [2.24, 2.45) is 0 Å². The van der Waals surface area contributed by atoms with Crippen LogP contribution in [-0.2, 0) is 0 Å². The summed E-state index contributed by atoms with van der Waals surface area (Å²) < 4.78 is 12.3. The lowest BCUT2D eigenvalue weighted by atomic mass is 10.1. The molecule has 4 aromatic rings. The molecule has 0 amide bonds. The molecule has 2 aromatic heterocycles. The number of hydrogen-bond donors (Lipinski definition) is 2. The van der Waals surface area contributed by atoms with Crippen LogP contribution in [0.1, 0.15) is 25.5 Å². The van der Waals surface area contributed by atoms with Crippen LogP contribution in [-0.4, -0.2) is 29.0 Å². The third kappa shape index (κ3) is 4.67. The SMILES string of the molecule is CC(NC[C@](C)(O)COc1cccc(-c2noc3ccsc23)c1)c1ccccc1. The Hall–Kier alpha value is -2.67. The monoisotopic (exact) mass is 408 g/mol. The number of thiophene rings is 1. The van der Waals surface area contributed by atoms with Crippen molar-refractivity contribution in [1.29, 1.82) is 0 Å². The molecule has 0 fully saturated rings. The van der Waals surface area contributed by atoms with E-state index in [2.05, 4.69) is 29.5 Å². The first-order valence-corrected chi connectivity index (χ1v) is 10.5. The lowest BCUT2D eigenvalue weighted by Crippen LogP contribution is -2.43. The highest BCUT2D eigenvalue weighted by atomic mass is 32.1. The number of benzene rings is 2. The predicted octanol–water partition coefficient (Wildman–Crippen LogP) is 5.04. The summed E-state index contributed by atoms with van der Waals surface area (Å²) in [7, 11) is 0. The Balaban J connectivity index is 1.37. The molecule has 0 saturated heterocycles. The van der Waals surface area contributed by atoms with Crippen LogP contribution in [0.3, 0.4) is 0 Å². The van der Waals surface area contributed by atoms with Crippen LogP contribution in [0, 0.1) is 0 Å². The molecule has 29 heavy (non-hydrogen) atoms. The van der Waals surface area contributed by atoms with E-state index in [9.17, 15) is 5.11 Å². The Morgan fingerprint density at radius 3 is 2.83 bits per heavy atom. The molecule has 2 N–H and O–H groups in total. The minimum absolute atomic E-state index is 0.145. The van der Waals surface area contributed by atoms with Crippen LogP contribution in [0.15, 0.2) is 70.6 Å². The number of nitrogens with zero attached hydrogens (tertiary/aromatic N) is 1. The quantitative estimate of drug-likeness (QED) is 0.428. The molecule has 6 heteroatoms. The molecule has 5 nitrogen and oxygen atoms in total. The largest absolute Gasteiger partial charge is 0.491 e. The zero-order valence-electron chi connectivity index (χ0n) is 16.5. The van der Waals surface area contributed by atoms with Crippen LogP contribution in [0.5, 0.6) is 5.75 Å². The van der Waals surface area contributed by atoms with Gasteiger partial charge in [-0.25, -0.2) is 0 Å². The lowest BCUT2D eigenvalue weighted by Gasteiger charge is -2.26. The van der Waals surface area contributed by atoms with E-state index >= 15 is 0 Å². The molecule has 0 spiro atoms. The van der Waals surface area contributed by atoms with Gasteiger partial charge in [0, 0.05) is 18.2 Å². The Morgan fingerprint density at radius 1 is 1.17 bits per heavy atom. The molecule has 0 saturated carbocycles. The number of ether oxygens (including phenoxy) is 1. The normalized spacial score (nSPS) is 14.6. The lowest BCUT2D eigenvalue weighted by molar-refractivity contribution is 0.0105. The molecular formula is C23H24N2O3S. The molecule has 2 atom stereocenters. The first kappa shape index (κ1) is 19.6. The average molecular weight is 409 g/mol. The zero-order chi connectivity index (χ0) is 20.3. The highest BCUT2D eigenvalue weighted by Gasteiger charge is 2.23. The number of hydrogen-bond acceptors (Lipinski definition) is 6. The van der Waals surface area contributed by atoms with E-state index in [-0.39, 0.29) is 12.6 Å². The molecule has 0 aliphatic rings. The summed E-state index contributed by atoms with van der Waals surface area (Å²) in [4.78, 5) is 0. The molecule has 0 aliphatic heterocycles. The van der Waals surface area contributed by atoms with Gasteiger partial charge in [-0.05, 0) is 43.0 Å². The van der Waals surface area contributed by atoms with E-state index in [0.29, 0.717) is 12.3 Å². The number of aliphatic hydroxyl groups is 1. The maximum Gasteiger partial charge on any atom is 0.178 e. The molecule has 4 rings (SSSR count). The Bertz CT molecular complexity index is 1070. The fraction of sp³-hybridized carbons (Fsp3) is 0.261. The standard InChI is InChI=1S/C23H24N2O3S/c1-16(17-7-4-3-5-8-17)24-14-23(2,26)15-27-19-10-6-9-18(13-19)21-22-20(28-25-21)11-12-29-22/h3-13,16,24,26H,14-15H2,1-2H3/t16?,23-/m0/s1. The van der Waals surface area contributed by atoms with Gasteiger partial charge >= 0.3 is 0 Å².